The average Bonchev–Trinajstić information content (AvgIpc) is 3.17. The number of aromatic nitrogens is 3. The maximum Gasteiger partial charge on any atom is 0.361 e. The van der Waals surface area contributed by atoms with Crippen LogP contribution < -0.4 is 4.74 Å². The van der Waals surface area contributed by atoms with Crippen LogP contribution in [0.15, 0.2) is 24.3 Å². The monoisotopic (exact) mass is 373 g/mol. The quantitative estimate of drug-likeness (QED) is 0.556. The molecule has 1 aromatic carbocycles. The second-order valence-corrected chi connectivity index (χ2v) is 6.62. The van der Waals surface area contributed by atoms with Crippen LogP contribution in [0.2, 0.25) is 0 Å². The van der Waals surface area contributed by atoms with Crippen LogP contribution in [0.5, 0.6) is 5.75 Å². The summed E-state index contributed by atoms with van der Waals surface area (Å²) in [5, 5.41) is 10.5. The average molecular weight is 373 g/mol. The molecule has 2 heterocycles. The molecule has 27 heavy (non-hydrogen) atoms. The van der Waals surface area contributed by atoms with Gasteiger partial charge in [0.1, 0.15) is 11.4 Å². The summed E-state index contributed by atoms with van der Waals surface area (Å²) in [5.41, 5.74) is 1.42. The van der Waals surface area contributed by atoms with Gasteiger partial charge in [0.05, 0.1) is 13.2 Å². The van der Waals surface area contributed by atoms with Crippen molar-refractivity contribution in [3.63, 3.8) is 0 Å². The van der Waals surface area contributed by atoms with Crippen LogP contribution in [0, 0.1) is 0 Å². The van der Waals surface area contributed by atoms with E-state index in [4.69, 9.17) is 9.47 Å². The Labute approximate surface area is 159 Å². The fourth-order valence-corrected chi connectivity index (χ4v) is 3.06. The highest BCUT2D eigenvalue weighted by Crippen LogP contribution is 2.24. The molecule has 8 nitrogen and oxygen atoms in total. The van der Waals surface area contributed by atoms with E-state index >= 15 is 0 Å². The first-order chi connectivity index (χ1) is 13.2. The van der Waals surface area contributed by atoms with Crippen LogP contribution in [0.4, 0.5) is 0 Å². The van der Waals surface area contributed by atoms with Crippen molar-refractivity contribution in [2.75, 3.05) is 53.0 Å². The van der Waals surface area contributed by atoms with Crippen LogP contribution >= 0.6 is 0 Å². The first kappa shape index (κ1) is 19.3. The van der Waals surface area contributed by atoms with E-state index in [-0.39, 0.29) is 5.69 Å². The van der Waals surface area contributed by atoms with E-state index in [1.54, 1.807) is 6.92 Å². The normalized spacial score (nSPS) is 15.6. The third kappa shape index (κ3) is 5.27. The molecule has 1 aromatic heterocycles. The summed E-state index contributed by atoms with van der Waals surface area (Å²) >= 11 is 0. The molecular weight excluding hydrogens is 346 g/mol. The number of esters is 1. The van der Waals surface area contributed by atoms with Crippen molar-refractivity contribution < 1.29 is 14.3 Å². The topological polar surface area (TPSA) is 83.6 Å². The number of ether oxygens (including phenoxy) is 2. The maximum absolute atomic E-state index is 12.0. The Hall–Kier alpha value is -2.45. The van der Waals surface area contributed by atoms with E-state index in [0.717, 1.165) is 50.5 Å². The van der Waals surface area contributed by atoms with Gasteiger partial charge in [-0.05, 0) is 32.5 Å². The molecule has 1 aliphatic heterocycles. The van der Waals surface area contributed by atoms with Gasteiger partial charge in [-0.1, -0.05) is 12.1 Å². The number of benzene rings is 1. The van der Waals surface area contributed by atoms with E-state index in [0.29, 0.717) is 18.9 Å². The highest BCUT2D eigenvalue weighted by Gasteiger charge is 2.19. The number of hydrogen-bond donors (Lipinski definition) is 1. The lowest BCUT2D eigenvalue weighted by Gasteiger charge is -2.32. The summed E-state index contributed by atoms with van der Waals surface area (Å²) in [6.07, 6.45) is 0.978. The molecule has 0 aliphatic carbocycles. The van der Waals surface area contributed by atoms with Gasteiger partial charge >= 0.3 is 5.97 Å². The lowest BCUT2D eigenvalue weighted by atomic mass is 10.1. The fourth-order valence-electron chi connectivity index (χ4n) is 3.06. The Morgan fingerprint density at radius 1 is 1.22 bits per heavy atom. The molecule has 0 amide bonds. The van der Waals surface area contributed by atoms with E-state index < -0.39 is 5.97 Å². The summed E-state index contributed by atoms with van der Waals surface area (Å²) in [4.78, 5) is 16.8. The highest BCUT2D eigenvalue weighted by atomic mass is 16.5. The van der Waals surface area contributed by atoms with E-state index in [2.05, 4.69) is 32.3 Å². The summed E-state index contributed by atoms with van der Waals surface area (Å²) in [5.74, 6) is 0.267. The van der Waals surface area contributed by atoms with E-state index in [1.807, 2.05) is 24.3 Å². The SMILES string of the molecule is CCOC(=O)c1n[nH]nc1-c1cccc(OCCCN2CCN(C)CC2)c1. The van der Waals surface area contributed by atoms with Crippen molar-refractivity contribution >= 4 is 5.97 Å². The number of rotatable bonds is 8. The number of piperazine rings is 1. The van der Waals surface area contributed by atoms with Crippen molar-refractivity contribution in [2.45, 2.75) is 13.3 Å². The summed E-state index contributed by atoms with van der Waals surface area (Å²) < 4.78 is 10.9. The number of carbonyl (C=O) groups excluding carboxylic acids is 1. The third-order valence-electron chi connectivity index (χ3n) is 4.61. The van der Waals surface area contributed by atoms with Gasteiger partial charge in [0.2, 0.25) is 0 Å². The minimum absolute atomic E-state index is 0.184. The molecule has 1 fully saturated rings. The first-order valence-corrected chi connectivity index (χ1v) is 9.39. The first-order valence-electron chi connectivity index (χ1n) is 9.39. The van der Waals surface area contributed by atoms with Gasteiger partial charge in [0.15, 0.2) is 5.69 Å². The molecule has 1 saturated heterocycles. The Kier molecular flexibility index (Phi) is 6.78. The molecule has 146 valence electrons. The molecule has 0 atom stereocenters. The van der Waals surface area contributed by atoms with Gasteiger partial charge in [-0.3, -0.25) is 0 Å². The number of nitrogens with zero attached hydrogens (tertiary/aromatic N) is 4. The van der Waals surface area contributed by atoms with Gasteiger partial charge in [-0.2, -0.15) is 10.3 Å². The number of nitrogens with one attached hydrogen (secondary N) is 1. The second kappa shape index (κ2) is 9.48. The van der Waals surface area contributed by atoms with Crippen molar-refractivity contribution in [1.82, 2.24) is 25.2 Å². The number of carbonyl (C=O) groups is 1. The maximum atomic E-state index is 12.0. The number of aromatic amines is 1. The van der Waals surface area contributed by atoms with Crippen molar-refractivity contribution in [1.29, 1.82) is 0 Å². The Balaban J connectivity index is 1.54. The van der Waals surface area contributed by atoms with Gasteiger partial charge in [0, 0.05) is 38.3 Å². The summed E-state index contributed by atoms with van der Waals surface area (Å²) in [6, 6.07) is 7.53. The zero-order valence-corrected chi connectivity index (χ0v) is 16.0. The summed E-state index contributed by atoms with van der Waals surface area (Å²) in [7, 11) is 2.16. The zero-order chi connectivity index (χ0) is 19.1. The van der Waals surface area contributed by atoms with Crippen LogP contribution in [0.1, 0.15) is 23.8 Å². The predicted molar refractivity (Wildman–Crippen MR) is 102 cm³/mol. The van der Waals surface area contributed by atoms with E-state index in [9.17, 15) is 4.79 Å². The van der Waals surface area contributed by atoms with Crippen molar-refractivity contribution in [2.24, 2.45) is 0 Å². The van der Waals surface area contributed by atoms with Gasteiger partial charge in [0.25, 0.3) is 0 Å². The minimum atomic E-state index is -0.486. The van der Waals surface area contributed by atoms with Gasteiger partial charge in [-0.15, -0.1) is 5.10 Å². The molecule has 1 aliphatic rings. The van der Waals surface area contributed by atoms with Gasteiger partial charge < -0.3 is 19.3 Å². The third-order valence-corrected chi connectivity index (χ3v) is 4.61. The minimum Gasteiger partial charge on any atom is -0.494 e. The zero-order valence-electron chi connectivity index (χ0n) is 16.0. The largest absolute Gasteiger partial charge is 0.494 e. The molecule has 0 bridgehead atoms. The van der Waals surface area contributed by atoms with Crippen LogP contribution in [0.3, 0.4) is 0 Å². The Bertz CT molecular complexity index is 740. The number of H-pyrrole nitrogens is 1. The second-order valence-electron chi connectivity index (χ2n) is 6.62. The van der Waals surface area contributed by atoms with Crippen LogP contribution in [-0.4, -0.2) is 84.2 Å². The Morgan fingerprint density at radius 2 is 2.04 bits per heavy atom. The standard InChI is InChI=1S/C19H27N5O3/c1-3-26-19(25)18-17(20-22-21-18)15-6-4-7-16(14-15)27-13-5-8-24-11-9-23(2)10-12-24/h4,6-7,14H,3,5,8-13H2,1-2H3,(H,20,21,22). The Morgan fingerprint density at radius 3 is 2.81 bits per heavy atom. The number of hydrogen-bond acceptors (Lipinski definition) is 7. The van der Waals surface area contributed by atoms with E-state index in [1.165, 1.54) is 0 Å². The molecule has 3 rings (SSSR count). The predicted octanol–water partition coefficient (Wildman–Crippen LogP) is 1.66. The molecule has 2 aromatic rings. The molecule has 0 radical (unpaired) electrons. The molecule has 8 heteroatoms. The smallest absolute Gasteiger partial charge is 0.361 e. The van der Waals surface area contributed by atoms with Crippen LogP contribution in [-0.2, 0) is 4.74 Å². The van der Waals surface area contributed by atoms with Gasteiger partial charge in [-0.25, -0.2) is 4.79 Å². The van der Waals surface area contributed by atoms with Crippen molar-refractivity contribution in [3.05, 3.63) is 30.0 Å². The fraction of sp³-hybridized carbons (Fsp3) is 0.526. The lowest BCUT2D eigenvalue weighted by Crippen LogP contribution is -2.44. The highest BCUT2D eigenvalue weighted by molar-refractivity contribution is 5.93. The lowest BCUT2D eigenvalue weighted by molar-refractivity contribution is 0.0520. The molecule has 1 N–H and O–H groups in total. The van der Waals surface area contributed by atoms with Crippen molar-refractivity contribution in [3.8, 4) is 17.0 Å². The molecule has 0 spiro atoms. The summed E-state index contributed by atoms with van der Waals surface area (Å²) in [6.45, 7) is 8.25. The number of likely N-dealkylation sites (N-methyl/N-ethyl adjacent to an activating group) is 1. The molecular formula is C19H27N5O3. The molecule has 0 saturated carbocycles. The molecule has 0 unspecified atom stereocenters. The van der Waals surface area contributed by atoms with Crippen LogP contribution in [0.25, 0.3) is 11.3 Å².